The molecule has 1 saturated carbocycles. The zero-order chi connectivity index (χ0) is 11.9. The first-order valence-electron chi connectivity index (χ1n) is 6.73. The van der Waals surface area contributed by atoms with Gasteiger partial charge in [0.15, 0.2) is 0 Å². The summed E-state index contributed by atoms with van der Waals surface area (Å²) < 4.78 is 5.35. The van der Waals surface area contributed by atoms with E-state index in [1.54, 1.807) is 7.11 Å². The molecule has 0 aromatic heterocycles. The van der Waals surface area contributed by atoms with Gasteiger partial charge in [-0.1, -0.05) is 37.5 Å². The Kier molecular flexibility index (Phi) is 7.14. The number of hydrogen-bond acceptors (Lipinski definition) is 2. The average molecular weight is 270 g/mol. The third-order valence-electron chi connectivity index (χ3n) is 3.67. The van der Waals surface area contributed by atoms with Crippen LogP contribution in [0.3, 0.4) is 0 Å². The lowest BCUT2D eigenvalue weighted by atomic mass is 9.89. The number of nitrogens with one attached hydrogen (secondary N) is 1. The highest BCUT2D eigenvalue weighted by molar-refractivity contribution is 5.85. The molecule has 1 aromatic rings. The van der Waals surface area contributed by atoms with Gasteiger partial charge in [-0.15, -0.1) is 12.4 Å². The summed E-state index contributed by atoms with van der Waals surface area (Å²) in [7, 11) is 1.74. The minimum absolute atomic E-state index is 0. The van der Waals surface area contributed by atoms with Crippen LogP contribution in [0, 0.1) is 5.92 Å². The normalized spacial score (nSPS) is 16.1. The fraction of sp³-hybridized carbons (Fsp3) is 0.600. The van der Waals surface area contributed by atoms with E-state index in [0.29, 0.717) is 0 Å². The van der Waals surface area contributed by atoms with Crippen molar-refractivity contribution in [1.29, 1.82) is 0 Å². The lowest BCUT2D eigenvalue weighted by Crippen LogP contribution is -2.24. The Morgan fingerprint density at radius 2 is 1.89 bits per heavy atom. The molecular weight excluding hydrogens is 246 g/mol. The van der Waals surface area contributed by atoms with Gasteiger partial charge in [0.2, 0.25) is 0 Å². The summed E-state index contributed by atoms with van der Waals surface area (Å²) in [5.74, 6) is 1.88. The van der Waals surface area contributed by atoms with Crippen molar-refractivity contribution in [1.82, 2.24) is 5.32 Å². The topological polar surface area (TPSA) is 21.3 Å². The number of methoxy groups -OCH3 is 1. The first-order chi connectivity index (χ1) is 8.40. The maximum absolute atomic E-state index is 5.35. The van der Waals surface area contributed by atoms with Crippen molar-refractivity contribution in [2.24, 2.45) is 5.92 Å². The summed E-state index contributed by atoms with van der Waals surface area (Å²) in [5.41, 5.74) is 1.26. The van der Waals surface area contributed by atoms with Crippen LogP contribution in [0.5, 0.6) is 5.75 Å². The lowest BCUT2D eigenvalue weighted by Gasteiger charge is -2.22. The fourth-order valence-electron chi connectivity index (χ4n) is 2.65. The number of ether oxygens (including phenoxy) is 1. The van der Waals surface area contributed by atoms with Crippen molar-refractivity contribution in [3.8, 4) is 5.75 Å². The molecule has 18 heavy (non-hydrogen) atoms. The molecule has 0 atom stereocenters. The minimum atomic E-state index is 0. The third kappa shape index (κ3) is 4.51. The van der Waals surface area contributed by atoms with E-state index >= 15 is 0 Å². The van der Waals surface area contributed by atoms with Crippen molar-refractivity contribution in [3.63, 3.8) is 0 Å². The summed E-state index contributed by atoms with van der Waals surface area (Å²) in [4.78, 5) is 0. The second kappa shape index (κ2) is 8.39. The molecule has 1 aliphatic rings. The predicted molar refractivity (Wildman–Crippen MR) is 78.5 cm³/mol. The minimum Gasteiger partial charge on any atom is -0.496 e. The molecule has 0 heterocycles. The van der Waals surface area contributed by atoms with Gasteiger partial charge >= 0.3 is 0 Å². The van der Waals surface area contributed by atoms with Crippen LogP contribution >= 0.6 is 12.4 Å². The number of benzene rings is 1. The Hall–Kier alpha value is -0.730. The smallest absolute Gasteiger partial charge is 0.123 e. The van der Waals surface area contributed by atoms with Gasteiger partial charge in [-0.05, 0) is 31.4 Å². The van der Waals surface area contributed by atoms with Crippen LogP contribution in [-0.2, 0) is 6.54 Å². The largest absolute Gasteiger partial charge is 0.496 e. The highest BCUT2D eigenvalue weighted by atomic mass is 35.5. The molecule has 2 rings (SSSR count). The van der Waals surface area contributed by atoms with Gasteiger partial charge < -0.3 is 10.1 Å². The SMILES string of the molecule is COc1ccccc1CNCC1CCCCC1.Cl. The van der Waals surface area contributed by atoms with E-state index in [0.717, 1.165) is 24.8 Å². The highest BCUT2D eigenvalue weighted by Gasteiger charge is 2.12. The van der Waals surface area contributed by atoms with Crippen LogP contribution in [0.1, 0.15) is 37.7 Å². The standard InChI is InChI=1S/C15H23NO.ClH/c1-17-15-10-6-5-9-14(15)12-16-11-13-7-3-2-4-8-13;/h5-6,9-10,13,16H,2-4,7-8,11-12H2,1H3;1H. The van der Waals surface area contributed by atoms with E-state index in [-0.39, 0.29) is 12.4 Å². The van der Waals surface area contributed by atoms with Crippen LogP contribution in [0.25, 0.3) is 0 Å². The van der Waals surface area contributed by atoms with E-state index in [2.05, 4.69) is 17.4 Å². The van der Waals surface area contributed by atoms with Crippen molar-refractivity contribution < 1.29 is 4.74 Å². The molecule has 0 spiro atoms. The fourth-order valence-corrected chi connectivity index (χ4v) is 2.65. The Labute approximate surface area is 117 Å². The van der Waals surface area contributed by atoms with Crippen molar-refractivity contribution in [2.75, 3.05) is 13.7 Å². The van der Waals surface area contributed by atoms with Gasteiger partial charge in [0, 0.05) is 12.1 Å². The van der Waals surface area contributed by atoms with Gasteiger partial charge in [-0.2, -0.15) is 0 Å². The van der Waals surface area contributed by atoms with Gasteiger partial charge in [0.25, 0.3) is 0 Å². The second-order valence-electron chi connectivity index (χ2n) is 4.95. The van der Waals surface area contributed by atoms with Crippen LogP contribution in [0.4, 0.5) is 0 Å². The molecular formula is C15H24ClNO. The Morgan fingerprint density at radius 3 is 2.61 bits per heavy atom. The van der Waals surface area contributed by atoms with Crippen molar-refractivity contribution in [2.45, 2.75) is 38.6 Å². The van der Waals surface area contributed by atoms with Crippen LogP contribution in [0.15, 0.2) is 24.3 Å². The van der Waals surface area contributed by atoms with Crippen molar-refractivity contribution in [3.05, 3.63) is 29.8 Å². The molecule has 1 N–H and O–H groups in total. The predicted octanol–water partition coefficient (Wildman–Crippen LogP) is 3.79. The molecule has 1 fully saturated rings. The highest BCUT2D eigenvalue weighted by Crippen LogP contribution is 2.23. The van der Waals surface area contributed by atoms with Gasteiger partial charge in [0.05, 0.1) is 7.11 Å². The maximum atomic E-state index is 5.35. The third-order valence-corrected chi connectivity index (χ3v) is 3.67. The number of halogens is 1. The molecule has 0 radical (unpaired) electrons. The van der Waals surface area contributed by atoms with Crippen molar-refractivity contribution >= 4 is 12.4 Å². The first kappa shape index (κ1) is 15.3. The summed E-state index contributed by atoms with van der Waals surface area (Å²) >= 11 is 0. The Bertz CT molecular complexity index is 337. The maximum Gasteiger partial charge on any atom is 0.123 e. The Balaban J connectivity index is 0.00000162. The quantitative estimate of drug-likeness (QED) is 0.878. The zero-order valence-electron chi connectivity index (χ0n) is 11.2. The van der Waals surface area contributed by atoms with E-state index in [9.17, 15) is 0 Å². The monoisotopic (exact) mass is 269 g/mol. The number of hydrogen-bond donors (Lipinski definition) is 1. The molecule has 0 unspecified atom stereocenters. The van der Waals surface area contributed by atoms with Crippen LogP contribution in [0.2, 0.25) is 0 Å². The van der Waals surface area contributed by atoms with Crippen LogP contribution in [-0.4, -0.2) is 13.7 Å². The number of rotatable bonds is 5. The molecule has 2 nitrogen and oxygen atoms in total. The van der Waals surface area contributed by atoms with E-state index in [1.165, 1.54) is 37.7 Å². The summed E-state index contributed by atoms with van der Waals surface area (Å²) in [6.45, 7) is 2.07. The molecule has 0 amide bonds. The summed E-state index contributed by atoms with van der Waals surface area (Å²) in [5, 5.41) is 3.57. The lowest BCUT2D eigenvalue weighted by molar-refractivity contribution is 0.340. The van der Waals surface area contributed by atoms with E-state index in [1.807, 2.05) is 12.1 Å². The molecule has 3 heteroatoms. The molecule has 0 bridgehead atoms. The van der Waals surface area contributed by atoms with Gasteiger partial charge in [-0.25, -0.2) is 0 Å². The second-order valence-corrected chi connectivity index (χ2v) is 4.95. The van der Waals surface area contributed by atoms with Gasteiger partial charge in [-0.3, -0.25) is 0 Å². The summed E-state index contributed by atoms with van der Waals surface area (Å²) in [6.07, 6.45) is 7.07. The van der Waals surface area contributed by atoms with Crippen LogP contribution < -0.4 is 10.1 Å². The first-order valence-corrected chi connectivity index (χ1v) is 6.73. The molecule has 1 aliphatic carbocycles. The average Bonchev–Trinajstić information content (AvgIpc) is 2.40. The molecule has 102 valence electrons. The van der Waals surface area contributed by atoms with Gasteiger partial charge in [0.1, 0.15) is 5.75 Å². The Morgan fingerprint density at radius 1 is 1.17 bits per heavy atom. The van der Waals surface area contributed by atoms with E-state index < -0.39 is 0 Å². The molecule has 0 aliphatic heterocycles. The zero-order valence-corrected chi connectivity index (χ0v) is 12.0. The van der Waals surface area contributed by atoms with E-state index in [4.69, 9.17) is 4.74 Å². The number of para-hydroxylation sites is 1. The molecule has 0 saturated heterocycles. The summed E-state index contributed by atoms with van der Waals surface area (Å²) in [6, 6.07) is 8.24. The molecule has 1 aromatic carbocycles.